The van der Waals surface area contributed by atoms with Crippen LogP contribution in [0.25, 0.3) is 0 Å². The Balaban J connectivity index is 1.71. The molecule has 3 rings (SSSR count). The van der Waals surface area contributed by atoms with Crippen molar-refractivity contribution in [2.24, 2.45) is 0 Å². The molecule has 0 spiro atoms. The molecular weight excluding hydrogens is 457 g/mol. The Morgan fingerprint density at radius 3 is 2.38 bits per heavy atom. The molecule has 34 heavy (non-hydrogen) atoms. The van der Waals surface area contributed by atoms with Crippen molar-refractivity contribution in [2.75, 3.05) is 32.0 Å². The van der Waals surface area contributed by atoms with Crippen molar-refractivity contribution < 1.29 is 22.3 Å². The van der Waals surface area contributed by atoms with Gasteiger partial charge in [0.2, 0.25) is 0 Å². The van der Waals surface area contributed by atoms with Crippen molar-refractivity contribution in [1.82, 2.24) is 10.2 Å². The summed E-state index contributed by atoms with van der Waals surface area (Å²) in [7, 11) is -0.238. The summed E-state index contributed by atoms with van der Waals surface area (Å²) in [4.78, 5) is 14.6. The molecule has 0 aliphatic rings. The molecule has 0 aromatic heterocycles. The third-order valence-electron chi connectivity index (χ3n) is 5.14. The van der Waals surface area contributed by atoms with Gasteiger partial charge >= 0.3 is 0 Å². The highest BCUT2D eigenvalue weighted by atomic mass is 32.2. The monoisotopic (exact) mass is 485 g/mol. The van der Waals surface area contributed by atoms with Crippen molar-refractivity contribution in [3.8, 4) is 5.75 Å². The van der Waals surface area contributed by atoms with Crippen LogP contribution in [-0.2, 0) is 10.0 Å². The summed E-state index contributed by atoms with van der Waals surface area (Å²) in [6.45, 7) is 2.59. The van der Waals surface area contributed by atoms with Crippen molar-refractivity contribution >= 4 is 21.6 Å². The molecule has 0 aliphatic heterocycles. The highest BCUT2D eigenvalue weighted by Gasteiger charge is 2.19. The standard InChI is InChI=1S/C25H28FN3O4S/c1-4-33-22-13-11-21(12-14-22)28-34(31,32)23-10-6-8-19(16-23)25(30)27-17-24(29(2)3)18-7-5-9-20(26)15-18/h5-16,24,28H,4,17H2,1-3H3,(H,27,30). The van der Waals surface area contributed by atoms with Crippen molar-refractivity contribution in [3.05, 3.63) is 89.7 Å². The maximum Gasteiger partial charge on any atom is 0.261 e. The lowest BCUT2D eigenvalue weighted by Gasteiger charge is -2.25. The van der Waals surface area contributed by atoms with Gasteiger partial charge in [-0.2, -0.15) is 0 Å². The SMILES string of the molecule is CCOc1ccc(NS(=O)(=O)c2cccc(C(=O)NCC(c3cccc(F)c3)N(C)C)c2)cc1. The first kappa shape index (κ1) is 25.2. The largest absolute Gasteiger partial charge is 0.494 e. The molecule has 1 unspecified atom stereocenters. The number of sulfonamides is 1. The predicted octanol–water partition coefficient (Wildman–Crippen LogP) is 4.06. The summed E-state index contributed by atoms with van der Waals surface area (Å²) in [5, 5.41) is 2.81. The third-order valence-corrected chi connectivity index (χ3v) is 6.52. The van der Waals surface area contributed by atoms with Gasteiger partial charge in [-0.15, -0.1) is 0 Å². The molecule has 0 aliphatic carbocycles. The van der Waals surface area contributed by atoms with E-state index in [4.69, 9.17) is 4.74 Å². The van der Waals surface area contributed by atoms with Crippen molar-refractivity contribution in [2.45, 2.75) is 17.9 Å². The molecule has 9 heteroatoms. The molecule has 180 valence electrons. The lowest BCUT2D eigenvalue weighted by atomic mass is 10.1. The summed E-state index contributed by atoms with van der Waals surface area (Å²) in [6.07, 6.45) is 0. The first-order chi connectivity index (χ1) is 16.2. The van der Waals surface area contributed by atoms with E-state index in [1.54, 1.807) is 36.4 Å². The Morgan fingerprint density at radius 1 is 1.03 bits per heavy atom. The average Bonchev–Trinajstić information content (AvgIpc) is 2.80. The van der Waals surface area contributed by atoms with Gasteiger partial charge in [0.05, 0.1) is 17.5 Å². The Morgan fingerprint density at radius 2 is 1.74 bits per heavy atom. The number of hydrogen-bond donors (Lipinski definition) is 2. The number of rotatable bonds is 10. The fourth-order valence-corrected chi connectivity index (χ4v) is 4.51. The molecule has 2 N–H and O–H groups in total. The number of halogens is 1. The van der Waals surface area contributed by atoms with Crippen LogP contribution in [0, 0.1) is 5.82 Å². The molecule has 1 atom stereocenters. The first-order valence-electron chi connectivity index (χ1n) is 10.8. The lowest BCUT2D eigenvalue weighted by molar-refractivity contribution is 0.0941. The van der Waals surface area contributed by atoms with Crippen LogP contribution in [0.2, 0.25) is 0 Å². The van der Waals surface area contributed by atoms with E-state index in [2.05, 4.69) is 10.0 Å². The maximum absolute atomic E-state index is 13.6. The minimum absolute atomic E-state index is 0.0386. The second-order valence-electron chi connectivity index (χ2n) is 7.84. The molecular formula is C25H28FN3O4S. The fourth-order valence-electron chi connectivity index (χ4n) is 3.41. The number of anilines is 1. The summed E-state index contributed by atoms with van der Waals surface area (Å²) in [5.74, 6) is -0.145. The second kappa shape index (κ2) is 11.1. The normalized spacial score (nSPS) is 12.3. The molecule has 0 bridgehead atoms. The van der Waals surface area contributed by atoms with E-state index in [0.717, 1.165) is 5.56 Å². The first-order valence-corrected chi connectivity index (χ1v) is 12.2. The van der Waals surface area contributed by atoms with E-state index in [1.165, 1.54) is 36.4 Å². The molecule has 0 saturated carbocycles. The molecule has 3 aromatic carbocycles. The number of nitrogens with zero attached hydrogens (tertiary/aromatic N) is 1. The van der Waals surface area contributed by atoms with E-state index < -0.39 is 15.9 Å². The molecule has 3 aromatic rings. The number of carbonyl (C=O) groups is 1. The van der Waals surface area contributed by atoms with Gasteiger partial charge in [-0.3, -0.25) is 9.52 Å². The van der Waals surface area contributed by atoms with Crippen LogP contribution in [-0.4, -0.2) is 46.5 Å². The van der Waals surface area contributed by atoms with Crippen molar-refractivity contribution in [3.63, 3.8) is 0 Å². The molecule has 0 heterocycles. The van der Waals surface area contributed by atoms with E-state index in [9.17, 15) is 17.6 Å². The highest BCUT2D eigenvalue weighted by molar-refractivity contribution is 7.92. The second-order valence-corrected chi connectivity index (χ2v) is 9.52. The van der Waals surface area contributed by atoms with Crippen LogP contribution >= 0.6 is 0 Å². The summed E-state index contributed by atoms with van der Waals surface area (Å²) in [6, 6.07) is 18.3. The van der Waals surface area contributed by atoms with E-state index in [0.29, 0.717) is 18.0 Å². The van der Waals surface area contributed by atoms with E-state index in [1.807, 2.05) is 25.9 Å². The van der Waals surface area contributed by atoms with Gasteiger partial charge in [0.1, 0.15) is 11.6 Å². The topological polar surface area (TPSA) is 87.7 Å². The zero-order chi connectivity index (χ0) is 24.7. The van der Waals surface area contributed by atoms with Crippen LogP contribution in [0.5, 0.6) is 5.75 Å². The summed E-state index contributed by atoms with van der Waals surface area (Å²) in [5.41, 5.74) is 1.30. The smallest absolute Gasteiger partial charge is 0.261 e. The number of nitrogens with one attached hydrogen (secondary N) is 2. The Bertz CT molecular complexity index is 1230. The molecule has 1 amide bonds. The number of ether oxygens (including phenoxy) is 1. The summed E-state index contributed by atoms with van der Waals surface area (Å²) >= 11 is 0. The van der Waals surface area contributed by atoms with Crippen LogP contribution in [0.4, 0.5) is 10.1 Å². The van der Waals surface area contributed by atoms with Gasteiger partial charge in [0.25, 0.3) is 15.9 Å². The molecule has 0 fully saturated rings. The maximum atomic E-state index is 13.6. The minimum atomic E-state index is -3.91. The molecule has 0 saturated heterocycles. The van der Waals surface area contributed by atoms with E-state index in [-0.39, 0.29) is 28.9 Å². The van der Waals surface area contributed by atoms with Gasteiger partial charge < -0.3 is 15.0 Å². The number of carbonyl (C=O) groups excluding carboxylic acids is 1. The zero-order valence-corrected chi connectivity index (χ0v) is 20.1. The van der Waals surface area contributed by atoms with Crippen LogP contribution in [0.1, 0.15) is 28.9 Å². The number of benzene rings is 3. The average molecular weight is 486 g/mol. The van der Waals surface area contributed by atoms with E-state index >= 15 is 0 Å². The quantitative estimate of drug-likeness (QED) is 0.452. The lowest BCUT2D eigenvalue weighted by Crippen LogP contribution is -2.34. The Hall–Kier alpha value is -3.43. The van der Waals surface area contributed by atoms with Gasteiger partial charge in [-0.1, -0.05) is 18.2 Å². The van der Waals surface area contributed by atoms with Gasteiger partial charge in [-0.05, 0) is 81.2 Å². The van der Waals surface area contributed by atoms with Gasteiger partial charge in [-0.25, -0.2) is 12.8 Å². The van der Waals surface area contributed by atoms with Gasteiger partial charge in [0.15, 0.2) is 0 Å². The summed E-state index contributed by atoms with van der Waals surface area (Å²) < 4.78 is 47.2. The fraction of sp³-hybridized carbons (Fsp3) is 0.240. The third kappa shape index (κ3) is 6.55. The highest BCUT2D eigenvalue weighted by Crippen LogP contribution is 2.21. The molecule has 7 nitrogen and oxygen atoms in total. The minimum Gasteiger partial charge on any atom is -0.494 e. The van der Waals surface area contributed by atoms with Crippen LogP contribution in [0.15, 0.2) is 77.7 Å². The predicted molar refractivity (Wildman–Crippen MR) is 130 cm³/mol. The Kier molecular flexibility index (Phi) is 8.25. The molecule has 0 radical (unpaired) electrons. The van der Waals surface area contributed by atoms with Crippen LogP contribution in [0.3, 0.4) is 0 Å². The number of amides is 1. The number of likely N-dealkylation sites (N-methyl/N-ethyl adjacent to an activating group) is 1. The Labute approximate surface area is 199 Å². The van der Waals surface area contributed by atoms with Gasteiger partial charge in [0, 0.05) is 17.8 Å². The zero-order valence-electron chi connectivity index (χ0n) is 19.3. The number of hydrogen-bond acceptors (Lipinski definition) is 5. The van der Waals surface area contributed by atoms with Crippen LogP contribution < -0.4 is 14.8 Å². The van der Waals surface area contributed by atoms with Crippen molar-refractivity contribution in [1.29, 1.82) is 0 Å².